The third kappa shape index (κ3) is 2.61. The van der Waals surface area contributed by atoms with Crippen LogP contribution in [0.15, 0.2) is 48.1 Å². The molecule has 0 aliphatic carbocycles. The Balaban J connectivity index is 1.77. The molecule has 2 heterocycles. The largest absolute Gasteiger partial charge is 0.333 e. The van der Waals surface area contributed by atoms with Crippen molar-refractivity contribution in [2.24, 2.45) is 11.0 Å². The minimum absolute atomic E-state index is 0.0158. The molecule has 1 unspecified atom stereocenters. The Morgan fingerprint density at radius 3 is 2.80 bits per heavy atom. The summed E-state index contributed by atoms with van der Waals surface area (Å²) in [5.41, 5.74) is 5.76. The fraction of sp³-hybridized carbons (Fsp3) is 0.267. The molecule has 2 aromatic rings. The van der Waals surface area contributed by atoms with Gasteiger partial charge in [0.15, 0.2) is 0 Å². The van der Waals surface area contributed by atoms with Crippen LogP contribution in [0.4, 0.5) is 0 Å². The van der Waals surface area contributed by atoms with Crippen LogP contribution in [0, 0.1) is 5.92 Å². The molecule has 3 rings (SSSR count). The molecule has 0 bridgehead atoms. The molecule has 1 amide bonds. The standard InChI is InChI=1S/C15H16N4O/c1-11-8-14(20)17-18-15(11)13-4-2-12(3-5-13)9-19-7-6-16-10-19/h2-7,10-11H,8-9H2,1H3,(H,17,20). The van der Waals surface area contributed by atoms with Gasteiger partial charge in [-0.05, 0) is 11.1 Å². The lowest BCUT2D eigenvalue weighted by molar-refractivity contribution is -0.121. The fourth-order valence-electron chi connectivity index (χ4n) is 2.37. The zero-order valence-electron chi connectivity index (χ0n) is 11.3. The van der Waals surface area contributed by atoms with E-state index in [0.717, 1.165) is 17.8 Å². The average molecular weight is 268 g/mol. The number of hydrogen-bond donors (Lipinski definition) is 1. The van der Waals surface area contributed by atoms with Crippen LogP contribution >= 0.6 is 0 Å². The third-order valence-corrected chi connectivity index (χ3v) is 3.43. The molecule has 102 valence electrons. The predicted octanol–water partition coefficient (Wildman–Crippen LogP) is 1.79. The van der Waals surface area contributed by atoms with Gasteiger partial charge in [-0.2, -0.15) is 5.10 Å². The predicted molar refractivity (Wildman–Crippen MR) is 76.2 cm³/mol. The number of imidazole rings is 1. The first kappa shape index (κ1) is 12.6. The van der Waals surface area contributed by atoms with Crippen molar-refractivity contribution < 1.29 is 4.79 Å². The minimum Gasteiger partial charge on any atom is -0.333 e. The number of benzene rings is 1. The second-order valence-electron chi connectivity index (χ2n) is 5.07. The highest BCUT2D eigenvalue weighted by Crippen LogP contribution is 2.17. The summed E-state index contributed by atoms with van der Waals surface area (Å²) in [6.45, 7) is 2.83. The van der Waals surface area contributed by atoms with Crippen LogP contribution in [-0.2, 0) is 11.3 Å². The molecule has 1 aromatic carbocycles. The lowest BCUT2D eigenvalue weighted by Gasteiger charge is -2.19. The lowest BCUT2D eigenvalue weighted by atomic mass is 9.93. The molecule has 1 aliphatic rings. The number of carbonyl (C=O) groups is 1. The second-order valence-corrected chi connectivity index (χ2v) is 5.07. The van der Waals surface area contributed by atoms with Crippen LogP contribution in [0.2, 0.25) is 0 Å². The molecule has 1 N–H and O–H groups in total. The van der Waals surface area contributed by atoms with E-state index in [2.05, 4.69) is 39.8 Å². The third-order valence-electron chi connectivity index (χ3n) is 3.43. The van der Waals surface area contributed by atoms with Gasteiger partial charge >= 0.3 is 0 Å². The van der Waals surface area contributed by atoms with E-state index in [1.165, 1.54) is 5.56 Å². The molecule has 0 radical (unpaired) electrons. The van der Waals surface area contributed by atoms with E-state index in [4.69, 9.17) is 0 Å². The van der Waals surface area contributed by atoms with Crippen molar-refractivity contribution in [1.82, 2.24) is 15.0 Å². The maximum absolute atomic E-state index is 11.3. The molecule has 20 heavy (non-hydrogen) atoms. The molecule has 0 saturated heterocycles. The maximum Gasteiger partial charge on any atom is 0.240 e. The first-order chi connectivity index (χ1) is 9.72. The van der Waals surface area contributed by atoms with Crippen LogP contribution < -0.4 is 5.43 Å². The van der Waals surface area contributed by atoms with E-state index in [1.807, 2.05) is 17.7 Å². The monoisotopic (exact) mass is 268 g/mol. The van der Waals surface area contributed by atoms with Crippen LogP contribution in [0.1, 0.15) is 24.5 Å². The molecule has 1 atom stereocenters. The van der Waals surface area contributed by atoms with E-state index >= 15 is 0 Å². The summed E-state index contributed by atoms with van der Waals surface area (Å²) in [5, 5.41) is 4.17. The van der Waals surface area contributed by atoms with Crippen LogP contribution in [-0.4, -0.2) is 21.2 Å². The summed E-state index contributed by atoms with van der Waals surface area (Å²) < 4.78 is 2.02. The first-order valence-electron chi connectivity index (χ1n) is 6.64. The molecule has 0 saturated carbocycles. The van der Waals surface area contributed by atoms with E-state index in [-0.39, 0.29) is 11.8 Å². The van der Waals surface area contributed by atoms with Gasteiger partial charge in [0.1, 0.15) is 0 Å². The van der Waals surface area contributed by atoms with Gasteiger partial charge in [-0.25, -0.2) is 10.4 Å². The number of aromatic nitrogens is 2. The van der Waals surface area contributed by atoms with Gasteiger partial charge in [-0.3, -0.25) is 4.79 Å². The van der Waals surface area contributed by atoms with Crippen LogP contribution in [0.5, 0.6) is 0 Å². The maximum atomic E-state index is 11.3. The number of nitrogens with zero attached hydrogens (tertiary/aromatic N) is 3. The Morgan fingerprint density at radius 2 is 2.15 bits per heavy atom. The van der Waals surface area contributed by atoms with E-state index in [9.17, 15) is 4.79 Å². The first-order valence-corrected chi connectivity index (χ1v) is 6.64. The topological polar surface area (TPSA) is 59.3 Å². The molecule has 1 aliphatic heterocycles. The average Bonchev–Trinajstić information content (AvgIpc) is 2.93. The van der Waals surface area contributed by atoms with Gasteiger partial charge < -0.3 is 4.57 Å². The van der Waals surface area contributed by atoms with Crippen LogP contribution in [0.25, 0.3) is 0 Å². The van der Waals surface area contributed by atoms with Gasteiger partial charge in [-0.1, -0.05) is 31.2 Å². The highest BCUT2D eigenvalue weighted by atomic mass is 16.2. The Kier molecular flexibility index (Phi) is 3.33. The number of rotatable bonds is 3. The minimum atomic E-state index is -0.0158. The van der Waals surface area contributed by atoms with Gasteiger partial charge in [0.2, 0.25) is 5.91 Å². The van der Waals surface area contributed by atoms with E-state index in [0.29, 0.717) is 6.42 Å². The molecular weight excluding hydrogens is 252 g/mol. The van der Waals surface area contributed by atoms with Gasteiger partial charge in [-0.15, -0.1) is 0 Å². The van der Waals surface area contributed by atoms with Crippen molar-refractivity contribution in [1.29, 1.82) is 0 Å². The fourth-order valence-corrected chi connectivity index (χ4v) is 2.37. The summed E-state index contributed by atoms with van der Waals surface area (Å²) >= 11 is 0. The number of hydrazone groups is 1. The summed E-state index contributed by atoms with van der Waals surface area (Å²) in [4.78, 5) is 15.3. The van der Waals surface area contributed by atoms with Crippen molar-refractivity contribution in [3.63, 3.8) is 0 Å². The molecule has 5 nitrogen and oxygen atoms in total. The highest BCUT2D eigenvalue weighted by molar-refractivity contribution is 6.05. The number of amides is 1. The van der Waals surface area contributed by atoms with Crippen molar-refractivity contribution in [2.75, 3.05) is 0 Å². The zero-order chi connectivity index (χ0) is 13.9. The number of carbonyl (C=O) groups excluding carboxylic acids is 1. The SMILES string of the molecule is CC1CC(=O)NN=C1c1ccc(Cn2ccnc2)cc1. The Morgan fingerprint density at radius 1 is 1.35 bits per heavy atom. The molecule has 5 heteroatoms. The zero-order valence-corrected chi connectivity index (χ0v) is 11.3. The summed E-state index contributed by atoms with van der Waals surface area (Å²) in [6.07, 6.45) is 6.01. The van der Waals surface area contributed by atoms with E-state index in [1.54, 1.807) is 12.5 Å². The van der Waals surface area contributed by atoms with Gasteiger partial charge in [0.05, 0.1) is 12.0 Å². The highest BCUT2D eigenvalue weighted by Gasteiger charge is 2.21. The van der Waals surface area contributed by atoms with Crippen molar-refractivity contribution in [3.05, 3.63) is 54.1 Å². The summed E-state index contributed by atoms with van der Waals surface area (Å²) in [7, 11) is 0. The Bertz CT molecular complexity index is 628. The smallest absolute Gasteiger partial charge is 0.240 e. The molecule has 0 fully saturated rings. The van der Waals surface area contributed by atoms with Crippen LogP contribution in [0.3, 0.4) is 0 Å². The second kappa shape index (κ2) is 5.28. The normalized spacial score (nSPS) is 18.6. The van der Waals surface area contributed by atoms with E-state index < -0.39 is 0 Å². The summed E-state index contributed by atoms with van der Waals surface area (Å²) in [6, 6.07) is 8.28. The Hall–Kier alpha value is -2.43. The quantitative estimate of drug-likeness (QED) is 0.922. The Labute approximate surface area is 117 Å². The van der Waals surface area contributed by atoms with Crippen molar-refractivity contribution in [2.45, 2.75) is 19.9 Å². The van der Waals surface area contributed by atoms with Gasteiger partial charge in [0, 0.05) is 31.3 Å². The number of nitrogens with one attached hydrogen (secondary N) is 1. The van der Waals surface area contributed by atoms with Crippen molar-refractivity contribution in [3.8, 4) is 0 Å². The molecule has 1 aromatic heterocycles. The number of hydrogen-bond acceptors (Lipinski definition) is 3. The summed E-state index contributed by atoms with van der Waals surface area (Å²) in [5.74, 6) is 0.140. The van der Waals surface area contributed by atoms with Crippen molar-refractivity contribution >= 4 is 11.6 Å². The van der Waals surface area contributed by atoms with Gasteiger partial charge in [0.25, 0.3) is 0 Å². The lowest BCUT2D eigenvalue weighted by Crippen LogP contribution is -2.31. The molecular formula is C15H16N4O. The molecule has 0 spiro atoms.